The topological polar surface area (TPSA) is 65.5 Å². The summed E-state index contributed by atoms with van der Waals surface area (Å²) < 4.78 is 24.4. The van der Waals surface area contributed by atoms with E-state index in [1.165, 1.54) is 12.1 Å². The minimum absolute atomic E-state index is 0.198. The quantitative estimate of drug-likeness (QED) is 0.528. The number of nitrogen functional groups attached to an aromatic ring is 1. The highest BCUT2D eigenvalue weighted by molar-refractivity contribution is 6.09. The van der Waals surface area contributed by atoms with Crippen LogP contribution < -0.4 is 5.73 Å². The van der Waals surface area contributed by atoms with E-state index in [9.17, 15) is 9.18 Å². The third-order valence-electron chi connectivity index (χ3n) is 4.10. The van der Waals surface area contributed by atoms with Crippen LogP contribution in [0, 0.1) is 5.82 Å². The van der Waals surface area contributed by atoms with E-state index in [0.717, 1.165) is 5.56 Å². The van der Waals surface area contributed by atoms with Crippen molar-refractivity contribution in [1.82, 2.24) is 0 Å². The highest BCUT2D eigenvalue weighted by atomic mass is 19.1. The molecule has 0 radical (unpaired) electrons. The Bertz CT molecular complexity index is 926. The second kappa shape index (κ2) is 6.59. The van der Waals surface area contributed by atoms with Crippen molar-refractivity contribution in [2.75, 3.05) is 12.3 Å². The van der Waals surface area contributed by atoms with Crippen LogP contribution in [-0.4, -0.2) is 12.6 Å². The standard InChI is InChI=1S/C20H20FNO3/c1-4-24-20(23)18-15-9-14(11(2)3)16(22)10-17(15)25-19(18)12-5-7-13(21)8-6-12/h5-11H,4,22H2,1-3H3. The molecule has 1 aromatic heterocycles. The Balaban J connectivity index is 2.30. The molecule has 0 amide bonds. The summed E-state index contributed by atoms with van der Waals surface area (Å²) in [5.41, 5.74) is 9.10. The average Bonchev–Trinajstić information content (AvgIpc) is 2.93. The number of rotatable bonds is 4. The van der Waals surface area contributed by atoms with Crippen LogP contribution in [0.15, 0.2) is 40.8 Å². The molecule has 0 aliphatic heterocycles. The Morgan fingerprint density at radius 3 is 2.52 bits per heavy atom. The highest BCUT2D eigenvalue weighted by Gasteiger charge is 2.24. The molecule has 2 aromatic carbocycles. The first-order valence-corrected chi connectivity index (χ1v) is 8.21. The van der Waals surface area contributed by atoms with Crippen molar-refractivity contribution >= 4 is 22.6 Å². The molecule has 3 aromatic rings. The number of nitrogens with two attached hydrogens (primary N) is 1. The Hall–Kier alpha value is -2.82. The number of halogens is 1. The van der Waals surface area contributed by atoms with Gasteiger partial charge >= 0.3 is 5.97 Å². The zero-order chi connectivity index (χ0) is 18.1. The Labute approximate surface area is 145 Å². The van der Waals surface area contributed by atoms with Gasteiger partial charge in [-0.25, -0.2) is 9.18 Å². The van der Waals surface area contributed by atoms with E-state index in [-0.39, 0.29) is 18.3 Å². The van der Waals surface area contributed by atoms with Gasteiger partial charge in [0.2, 0.25) is 0 Å². The van der Waals surface area contributed by atoms with E-state index >= 15 is 0 Å². The van der Waals surface area contributed by atoms with Crippen molar-refractivity contribution < 1.29 is 18.3 Å². The van der Waals surface area contributed by atoms with E-state index in [1.54, 1.807) is 25.1 Å². The maximum atomic E-state index is 13.2. The summed E-state index contributed by atoms with van der Waals surface area (Å²) in [6.07, 6.45) is 0. The molecule has 5 heteroatoms. The maximum absolute atomic E-state index is 13.2. The lowest BCUT2D eigenvalue weighted by Crippen LogP contribution is -2.05. The van der Waals surface area contributed by atoms with Crippen molar-refractivity contribution in [2.45, 2.75) is 26.7 Å². The molecule has 0 fully saturated rings. The second-order valence-electron chi connectivity index (χ2n) is 6.17. The first kappa shape index (κ1) is 17.0. The average molecular weight is 341 g/mol. The molecule has 25 heavy (non-hydrogen) atoms. The molecule has 130 valence electrons. The van der Waals surface area contributed by atoms with Gasteiger partial charge in [0.05, 0.1) is 6.61 Å². The zero-order valence-corrected chi connectivity index (χ0v) is 14.4. The number of furan rings is 1. The lowest BCUT2D eigenvalue weighted by molar-refractivity contribution is 0.0528. The van der Waals surface area contributed by atoms with Gasteiger partial charge in [0.1, 0.15) is 22.7 Å². The Kier molecular flexibility index (Phi) is 4.49. The normalized spacial score (nSPS) is 11.2. The molecule has 0 saturated carbocycles. The number of fused-ring (bicyclic) bond motifs is 1. The van der Waals surface area contributed by atoms with E-state index in [2.05, 4.69) is 0 Å². The minimum atomic E-state index is -0.472. The lowest BCUT2D eigenvalue weighted by Gasteiger charge is -2.09. The molecule has 1 heterocycles. The van der Waals surface area contributed by atoms with Gasteiger partial charge in [-0.1, -0.05) is 13.8 Å². The van der Waals surface area contributed by atoms with Gasteiger partial charge in [0.25, 0.3) is 0 Å². The molecular formula is C20H20FNO3. The monoisotopic (exact) mass is 341 g/mol. The lowest BCUT2D eigenvalue weighted by atomic mass is 9.97. The number of ether oxygens (including phenoxy) is 1. The molecule has 0 atom stereocenters. The number of carbonyl (C=O) groups is 1. The van der Waals surface area contributed by atoms with Crippen LogP contribution in [-0.2, 0) is 4.74 Å². The predicted molar refractivity (Wildman–Crippen MR) is 96.1 cm³/mol. The highest BCUT2D eigenvalue weighted by Crippen LogP contribution is 2.37. The van der Waals surface area contributed by atoms with Gasteiger partial charge in [-0.3, -0.25) is 0 Å². The molecule has 0 aliphatic carbocycles. The summed E-state index contributed by atoms with van der Waals surface area (Å²) in [6, 6.07) is 9.39. The summed E-state index contributed by atoms with van der Waals surface area (Å²) in [4.78, 5) is 12.6. The summed E-state index contributed by atoms with van der Waals surface area (Å²) in [6.45, 7) is 6.06. The summed E-state index contributed by atoms with van der Waals surface area (Å²) in [5, 5.41) is 0.649. The SMILES string of the molecule is CCOC(=O)c1c(-c2ccc(F)cc2)oc2cc(N)c(C(C)C)cc12. The van der Waals surface area contributed by atoms with E-state index in [4.69, 9.17) is 14.9 Å². The Morgan fingerprint density at radius 1 is 1.24 bits per heavy atom. The van der Waals surface area contributed by atoms with Crippen molar-refractivity contribution in [3.63, 3.8) is 0 Å². The zero-order valence-electron chi connectivity index (χ0n) is 14.4. The van der Waals surface area contributed by atoms with Crippen LogP contribution in [0.2, 0.25) is 0 Å². The predicted octanol–water partition coefficient (Wildman–Crippen LogP) is 5.12. The van der Waals surface area contributed by atoms with Gasteiger partial charge in [-0.15, -0.1) is 0 Å². The second-order valence-corrected chi connectivity index (χ2v) is 6.17. The number of esters is 1. The van der Waals surface area contributed by atoms with E-state index in [0.29, 0.717) is 33.5 Å². The van der Waals surface area contributed by atoms with Crippen molar-refractivity contribution in [3.8, 4) is 11.3 Å². The number of benzene rings is 2. The Morgan fingerprint density at radius 2 is 1.92 bits per heavy atom. The minimum Gasteiger partial charge on any atom is -0.462 e. The molecule has 4 nitrogen and oxygen atoms in total. The first-order chi connectivity index (χ1) is 11.9. The molecule has 3 rings (SSSR count). The first-order valence-electron chi connectivity index (χ1n) is 8.21. The number of anilines is 1. The molecule has 0 spiro atoms. The van der Waals surface area contributed by atoms with Crippen LogP contribution >= 0.6 is 0 Å². The number of carbonyl (C=O) groups excluding carboxylic acids is 1. The van der Waals surface area contributed by atoms with Crippen LogP contribution in [0.4, 0.5) is 10.1 Å². The molecule has 2 N–H and O–H groups in total. The van der Waals surface area contributed by atoms with Crippen LogP contribution in [0.3, 0.4) is 0 Å². The molecule has 0 unspecified atom stereocenters. The summed E-state index contributed by atoms with van der Waals surface area (Å²) in [7, 11) is 0. The smallest absolute Gasteiger partial charge is 0.342 e. The van der Waals surface area contributed by atoms with Crippen molar-refractivity contribution in [1.29, 1.82) is 0 Å². The van der Waals surface area contributed by atoms with Gasteiger partial charge < -0.3 is 14.9 Å². The van der Waals surface area contributed by atoms with Crippen LogP contribution in [0.5, 0.6) is 0 Å². The molecule has 0 saturated heterocycles. The fourth-order valence-electron chi connectivity index (χ4n) is 2.89. The van der Waals surface area contributed by atoms with Gasteiger partial charge in [0.15, 0.2) is 0 Å². The van der Waals surface area contributed by atoms with E-state index in [1.807, 2.05) is 19.9 Å². The third kappa shape index (κ3) is 3.09. The fraction of sp³-hybridized carbons (Fsp3) is 0.250. The fourth-order valence-corrected chi connectivity index (χ4v) is 2.89. The van der Waals surface area contributed by atoms with Crippen molar-refractivity contribution in [2.24, 2.45) is 0 Å². The third-order valence-corrected chi connectivity index (χ3v) is 4.10. The molecule has 0 aliphatic rings. The number of hydrogen-bond donors (Lipinski definition) is 1. The maximum Gasteiger partial charge on any atom is 0.342 e. The molecular weight excluding hydrogens is 321 g/mol. The molecule has 0 bridgehead atoms. The summed E-state index contributed by atoms with van der Waals surface area (Å²) in [5.74, 6) is -0.277. The van der Waals surface area contributed by atoms with Gasteiger partial charge in [-0.2, -0.15) is 0 Å². The van der Waals surface area contributed by atoms with Crippen LogP contribution in [0.25, 0.3) is 22.3 Å². The van der Waals surface area contributed by atoms with Gasteiger partial charge in [-0.05, 0) is 48.7 Å². The van der Waals surface area contributed by atoms with E-state index < -0.39 is 5.97 Å². The summed E-state index contributed by atoms with van der Waals surface area (Å²) >= 11 is 0. The van der Waals surface area contributed by atoms with Gasteiger partial charge in [0, 0.05) is 22.7 Å². The number of hydrogen-bond acceptors (Lipinski definition) is 4. The van der Waals surface area contributed by atoms with Crippen LogP contribution in [0.1, 0.15) is 42.6 Å². The van der Waals surface area contributed by atoms with Crippen molar-refractivity contribution in [3.05, 3.63) is 53.3 Å². The largest absolute Gasteiger partial charge is 0.462 e.